The predicted octanol–water partition coefficient (Wildman–Crippen LogP) is 0.328. The van der Waals surface area contributed by atoms with Gasteiger partial charge < -0.3 is 19.8 Å². The summed E-state index contributed by atoms with van der Waals surface area (Å²) in [5.41, 5.74) is 1.03. The van der Waals surface area contributed by atoms with Crippen LogP contribution in [0.15, 0.2) is 24.3 Å². The Morgan fingerprint density at radius 2 is 1.95 bits per heavy atom. The largest absolute Gasteiger partial charge is 0.493 e. The Kier molecular flexibility index (Phi) is 4.39. The Morgan fingerprint density at radius 1 is 1.32 bits per heavy atom. The predicted molar refractivity (Wildman–Crippen MR) is 69.9 cm³/mol. The fourth-order valence-electron chi connectivity index (χ4n) is 2.10. The van der Waals surface area contributed by atoms with Gasteiger partial charge in [0.05, 0.1) is 25.2 Å². The monoisotopic (exact) mass is 265 g/mol. The molecule has 1 fully saturated rings. The molecule has 1 saturated heterocycles. The van der Waals surface area contributed by atoms with Gasteiger partial charge in [-0.05, 0) is 18.6 Å². The van der Waals surface area contributed by atoms with Crippen molar-refractivity contribution >= 4 is 5.91 Å². The molecule has 1 aromatic carbocycles. The molecule has 5 nitrogen and oxygen atoms in total. The number of aryl methyl sites for hydroxylation is 1. The van der Waals surface area contributed by atoms with E-state index in [1.165, 1.54) is 4.90 Å². The number of nitrogens with zero attached hydrogens (tertiary/aromatic N) is 1. The van der Waals surface area contributed by atoms with Crippen LogP contribution < -0.4 is 4.74 Å². The summed E-state index contributed by atoms with van der Waals surface area (Å²) >= 11 is 0. The molecule has 1 aliphatic rings. The number of rotatable bonds is 4. The molecule has 0 aliphatic carbocycles. The van der Waals surface area contributed by atoms with Gasteiger partial charge in [-0.25, -0.2) is 0 Å². The van der Waals surface area contributed by atoms with Crippen LogP contribution in [0, 0.1) is 6.92 Å². The number of para-hydroxylation sites is 1. The van der Waals surface area contributed by atoms with Gasteiger partial charge in [-0.1, -0.05) is 18.2 Å². The van der Waals surface area contributed by atoms with Gasteiger partial charge in [-0.15, -0.1) is 0 Å². The molecule has 0 saturated carbocycles. The van der Waals surface area contributed by atoms with Crippen molar-refractivity contribution < 1.29 is 19.7 Å². The molecule has 0 aromatic heterocycles. The number of hydrogen-bond acceptors (Lipinski definition) is 4. The molecule has 2 N–H and O–H groups in total. The van der Waals surface area contributed by atoms with Gasteiger partial charge in [0.25, 0.3) is 0 Å². The average molecular weight is 265 g/mol. The zero-order chi connectivity index (χ0) is 13.8. The first-order valence-electron chi connectivity index (χ1n) is 6.40. The average Bonchev–Trinajstić information content (AvgIpc) is 2.72. The van der Waals surface area contributed by atoms with Gasteiger partial charge in [0.1, 0.15) is 5.75 Å². The number of β-amino-alcohol motifs (C(OH)–C–C–N with tert-alkyl or cyclic N) is 2. The second kappa shape index (κ2) is 6.04. The smallest absolute Gasteiger partial charge is 0.226 e. The molecule has 0 bridgehead atoms. The number of aliphatic hydroxyl groups is 2. The SMILES string of the molecule is Cc1ccccc1OCCC(=O)N1C[C@@H](O)[C@@H](O)C1. The second-order valence-corrected chi connectivity index (χ2v) is 4.80. The summed E-state index contributed by atoms with van der Waals surface area (Å²) in [6, 6.07) is 7.63. The Bertz CT molecular complexity index is 439. The van der Waals surface area contributed by atoms with Crippen molar-refractivity contribution in [3.05, 3.63) is 29.8 Å². The lowest BCUT2D eigenvalue weighted by Crippen LogP contribution is -2.30. The highest BCUT2D eigenvalue weighted by Gasteiger charge is 2.32. The van der Waals surface area contributed by atoms with Crippen LogP contribution in [0.25, 0.3) is 0 Å². The lowest BCUT2D eigenvalue weighted by Gasteiger charge is -2.15. The molecule has 1 aromatic rings. The molecule has 0 unspecified atom stereocenters. The van der Waals surface area contributed by atoms with Crippen molar-refractivity contribution in [2.24, 2.45) is 0 Å². The molecule has 104 valence electrons. The zero-order valence-electron chi connectivity index (χ0n) is 11.0. The van der Waals surface area contributed by atoms with Crippen LogP contribution in [0.1, 0.15) is 12.0 Å². The van der Waals surface area contributed by atoms with Gasteiger partial charge in [-0.3, -0.25) is 4.79 Å². The maximum atomic E-state index is 11.8. The van der Waals surface area contributed by atoms with Crippen LogP contribution in [-0.4, -0.2) is 52.9 Å². The number of likely N-dealkylation sites (tertiary alicyclic amines) is 1. The van der Waals surface area contributed by atoms with Crippen LogP contribution in [0.5, 0.6) is 5.75 Å². The third kappa shape index (κ3) is 3.45. The Morgan fingerprint density at radius 3 is 2.58 bits per heavy atom. The van der Waals surface area contributed by atoms with Crippen molar-refractivity contribution in [1.29, 1.82) is 0 Å². The summed E-state index contributed by atoms with van der Waals surface area (Å²) in [6.07, 6.45) is -1.42. The van der Waals surface area contributed by atoms with Crippen LogP contribution in [0.2, 0.25) is 0 Å². The molecule has 1 heterocycles. The van der Waals surface area contributed by atoms with Gasteiger partial charge >= 0.3 is 0 Å². The molecule has 0 spiro atoms. The first-order chi connectivity index (χ1) is 9.08. The lowest BCUT2D eigenvalue weighted by atomic mass is 10.2. The van der Waals surface area contributed by atoms with Crippen LogP contribution in [0.3, 0.4) is 0 Å². The van der Waals surface area contributed by atoms with Gasteiger partial charge in [-0.2, -0.15) is 0 Å². The Hall–Kier alpha value is -1.59. The number of benzene rings is 1. The summed E-state index contributed by atoms with van der Waals surface area (Å²) in [5.74, 6) is 0.668. The minimum atomic E-state index is -0.832. The molecule has 2 atom stereocenters. The van der Waals surface area contributed by atoms with Crippen molar-refractivity contribution in [1.82, 2.24) is 4.90 Å². The third-order valence-corrected chi connectivity index (χ3v) is 3.28. The van der Waals surface area contributed by atoms with Crippen molar-refractivity contribution in [3.63, 3.8) is 0 Å². The summed E-state index contributed by atoms with van der Waals surface area (Å²) in [5, 5.41) is 18.8. The minimum Gasteiger partial charge on any atom is -0.493 e. The topological polar surface area (TPSA) is 70.0 Å². The first kappa shape index (κ1) is 13.8. The fourth-order valence-corrected chi connectivity index (χ4v) is 2.10. The lowest BCUT2D eigenvalue weighted by molar-refractivity contribution is -0.131. The summed E-state index contributed by atoms with van der Waals surface area (Å²) in [4.78, 5) is 13.3. The number of hydrogen-bond donors (Lipinski definition) is 2. The quantitative estimate of drug-likeness (QED) is 0.823. The number of aliphatic hydroxyl groups excluding tert-OH is 2. The van der Waals surface area contributed by atoms with E-state index in [-0.39, 0.29) is 25.4 Å². The number of carbonyl (C=O) groups excluding carboxylic acids is 1. The van der Waals surface area contributed by atoms with E-state index in [1.807, 2.05) is 31.2 Å². The highest BCUT2D eigenvalue weighted by molar-refractivity contribution is 5.76. The molecular weight excluding hydrogens is 246 g/mol. The highest BCUT2D eigenvalue weighted by Crippen LogP contribution is 2.17. The fraction of sp³-hybridized carbons (Fsp3) is 0.500. The van der Waals surface area contributed by atoms with Gasteiger partial charge in [0.15, 0.2) is 0 Å². The molecule has 19 heavy (non-hydrogen) atoms. The van der Waals surface area contributed by atoms with E-state index in [1.54, 1.807) is 0 Å². The van der Waals surface area contributed by atoms with E-state index in [4.69, 9.17) is 4.74 Å². The molecule has 1 amide bonds. The normalized spacial score (nSPS) is 22.6. The summed E-state index contributed by atoms with van der Waals surface area (Å²) in [7, 11) is 0. The van der Waals surface area contributed by atoms with E-state index < -0.39 is 12.2 Å². The number of amides is 1. The maximum Gasteiger partial charge on any atom is 0.226 e. The van der Waals surface area contributed by atoms with Crippen LogP contribution >= 0.6 is 0 Å². The van der Waals surface area contributed by atoms with Crippen molar-refractivity contribution in [2.45, 2.75) is 25.6 Å². The summed E-state index contributed by atoms with van der Waals surface area (Å²) < 4.78 is 5.55. The molecule has 2 rings (SSSR count). The molecule has 5 heteroatoms. The van der Waals surface area contributed by atoms with Crippen molar-refractivity contribution in [3.8, 4) is 5.75 Å². The van der Waals surface area contributed by atoms with Crippen LogP contribution in [0.4, 0.5) is 0 Å². The third-order valence-electron chi connectivity index (χ3n) is 3.28. The second-order valence-electron chi connectivity index (χ2n) is 4.80. The maximum absolute atomic E-state index is 11.8. The van der Waals surface area contributed by atoms with E-state index in [9.17, 15) is 15.0 Å². The standard InChI is InChI=1S/C14H19NO4/c1-10-4-2-3-5-13(10)19-7-6-14(18)15-8-11(16)12(17)9-15/h2-5,11-12,16-17H,6-9H2,1H3/t11-,12+. The number of ether oxygens (including phenoxy) is 1. The zero-order valence-corrected chi connectivity index (χ0v) is 11.0. The summed E-state index contributed by atoms with van der Waals surface area (Å²) in [6.45, 7) is 2.64. The van der Waals surface area contributed by atoms with Gasteiger partial charge in [0, 0.05) is 13.1 Å². The molecule has 0 radical (unpaired) electrons. The van der Waals surface area contributed by atoms with E-state index in [0.717, 1.165) is 11.3 Å². The van der Waals surface area contributed by atoms with Crippen molar-refractivity contribution in [2.75, 3.05) is 19.7 Å². The first-order valence-corrected chi connectivity index (χ1v) is 6.40. The van der Waals surface area contributed by atoms with E-state index >= 15 is 0 Å². The Labute approximate surface area is 112 Å². The number of carbonyl (C=O) groups is 1. The molecule has 1 aliphatic heterocycles. The highest BCUT2D eigenvalue weighted by atomic mass is 16.5. The molecular formula is C14H19NO4. The minimum absolute atomic E-state index is 0.107. The van der Waals surface area contributed by atoms with E-state index in [0.29, 0.717) is 6.61 Å². The van der Waals surface area contributed by atoms with Gasteiger partial charge in [0.2, 0.25) is 5.91 Å². The van der Waals surface area contributed by atoms with E-state index in [2.05, 4.69) is 0 Å². The van der Waals surface area contributed by atoms with Crippen LogP contribution in [-0.2, 0) is 4.79 Å². The Balaban J connectivity index is 1.77.